The van der Waals surface area contributed by atoms with Crippen LogP contribution in [0.25, 0.3) is 11.5 Å². The lowest BCUT2D eigenvalue weighted by Gasteiger charge is -2.20. The maximum atomic E-state index is 6.32. The van der Waals surface area contributed by atoms with Crippen molar-refractivity contribution < 1.29 is 4.52 Å². The summed E-state index contributed by atoms with van der Waals surface area (Å²) in [6.45, 7) is 0. The second-order valence-electron chi connectivity index (χ2n) is 5.09. The van der Waals surface area contributed by atoms with E-state index in [-0.39, 0.29) is 5.54 Å². The van der Waals surface area contributed by atoms with Crippen LogP contribution in [0, 0.1) is 0 Å². The highest BCUT2D eigenvalue weighted by Crippen LogP contribution is 2.30. The number of nitrogens with zero attached hydrogens (tertiary/aromatic N) is 3. The van der Waals surface area contributed by atoms with Gasteiger partial charge in [-0.05, 0) is 40.9 Å². The fourth-order valence-electron chi connectivity index (χ4n) is 2.53. The van der Waals surface area contributed by atoms with Gasteiger partial charge >= 0.3 is 0 Å². The second-order valence-corrected chi connectivity index (χ2v) is 5.95. The number of hydrogen-bond acceptors (Lipinski definition) is 5. The topological polar surface area (TPSA) is 77.8 Å². The highest BCUT2D eigenvalue weighted by Gasteiger charge is 2.31. The molecule has 1 aliphatic carbocycles. The third-order valence-electron chi connectivity index (χ3n) is 3.54. The molecule has 0 radical (unpaired) electrons. The average molecular weight is 323 g/mol. The number of rotatable bonds is 3. The second kappa shape index (κ2) is 5.02. The molecule has 0 amide bonds. The molecule has 2 heterocycles. The Morgan fingerprint density at radius 2 is 2.16 bits per heavy atom. The monoisotopic (exact) mass is 322 g/mol. The number of pyridine rings is 1. The van der Waals surface area contributed by atoms with Gasteiger partial charge in [-0.1, -0.05) is 18.0 Å². The van der Waals surface area contributed by atoms with Crippen LogP contribution in [0.1, 0.15) is 31.6 Å². The Bertz CT molecular complexity index is 578. The highest BCUT2D eigenvalue weighted by molar-refractivity contribution is 9.10. The van der Waals surface area contributed by atoms with Gasteiger partial charge in [-0.25, -0.2) is 0 Å². The Hall–Kier alpha value is -1.27. The molecule has 2 aromatic heterocycles. The van der Waals surface area contributed by atoms with Gasteiger partial charge in [-0.3, -0.25) is 4.98 Å². The summed E-state index contributed by atoms with van der Waals surface area (Å²) >= 11 is 3.43. The van der Waals surface area contributed by atoms with Crippen LogP contribution in [0.15, 0.2) is 27.3 Å². The lowest BCUT2D eigenvalue weighted by Crippen LogP contribution is -2.38. The molecule has 19 heavy (non-hydrogen) atoms. The number of aromatic nitrogens is 3. The molecule has 0 saturated heterocycles. The van der Waals surface area contributed by atoms with E-state index < -0.39 is 0 Å². The molecule has 5 nitrogen and oxygen atoms in total. The molecule has 6 heteroatoms. The van der Waals surface area contributed by atoms with E-state index in [4.69, 9.17) is 10.3 Å². The van der Waals surface area contributed by atoms with Gasteiger partial charge in [0.2, 0.25) is 11.7 Å². The molecule has 100 valence electrons. The molecule has 0 unspecified atom stereocenters. The Morgan fingerprint density at radius 1 is 1.37 bits per heavy atom. The standard InChI is InChI=1S/C13H15BrN4O/c14-9-4-3-7-16-11(9)12-17-10(19-18-12)8-13(15)5-1-2-6-13/h3-4,7H,1-2,5-6,8,15H2. The average Bonchev–Trinajstić information content (AvgIpc) is 3.00. The van der Waals surface area contributed by atoms with E-state index in [9.17, 15) is 0 Å². The van der Waals surface area contributed by atoms with Gasteiger partial charge in [0.05, 0.1) is 0 Å². The van der Waals surface area contributed by atoms with E-state index in [2.05, 4.69) is 31.1 Å². The van der Waals surface area contributed by atoms with Crippen molar-refractivity contribution in [2.45, 2.75) is 37.6 Å². The Labute approximate surface area is 119 Å². The van der Waals surface area contributed by atoms with Crippen LogP contribution in [0.2, 0.25) is 0 Å². The van der Waals surface area contributed by atoms with E-state index in [0.29, 0.717) is 23.8 Å². The SMILES string of the molecule is NC1(Cc2nc(-c3ncccc3Br)no2)CCCC1. The van der Waals surface area contributed by atoms with Crippen molar-refractivity contribution in [2.75, 3.05) is 0 Å². The zero-order valence-corrected chi connectivity index (χ0v) is 12.1. The number of nitrogens with two attached hydrogens (primary N) is 1. The van der Waals surface area contributed by atoms with Gasteiger partial charge in [-0.15, -0.1) is 0 Å². The summed E-state index contributed by atoms with van der Waals surface area (Å²) in [6.07, 6.45) is 6.77. The Morgan fingerprint density at radius 3 is 2.89 bits per heavy atom. The predicted octanol–water partition coefficient (Wildman–Crippen LogP) is 2.71. The molecule has 1 saturated carbocycles. The smallest absolute Gasteiger partial charge is 0.228 e. The maximum absolute atomic E-state index is 6.32. The van der Waals surface area contributed by atoms with Crippen LogP contribution >= 0.6 is 15.9 Å². The van der Waals surface area contributed by atoms with E-state index in [0.717, 1.165) is 17.3 Å². The van der Waals surface area contributed by atoms with Crippen molar-refractivity contribution in [1.82, 2.24) is 15.1 Å². The summed E-state index contributed by atoms with van der Waals surface area (Å²) < 4.78 is 6.15. The van der Waals surface area contributed by atoms with Crippen molar-refractivity contribution in [3.8, 4) is 11.5 Å². The van der Waals surface area contributed by atoms with Gasteiger partial charge in [0.15, 0.2) is 0 Å². The first-order valence-electron chi connectivity index (χ1n) is 6.39. The molecule has 0 aromatic carbocycles. The summed E-state index contributed by atoms with van der Waals surface area (Å²) in [5.41, 5.74) is 6.83. The summed E-state index contributed by atoms with van der Waals surface area (Å²) in [7, 11) is 0. The van der Waals surface area contributed by atoms with Gasteiger partial charge < -0.3 is 10.3 Å². The lowest BCUT2D eigenvalue weighted by atomic mass is 9.95. The molecular weight excluding hydrogens is 308 g/mol. The summed E-state index contributed by atoms with van der Waals surface area (Å²) in [6, 6.07) is 3.75. The fraction of sp³-hybridized carbons (Fsp3) is 0.462. The molecule has 3 rings (SSSR count). The molecule has 0 bridgehead atoms. The predicted molar refractivity (Wildman–Crippen MR) is 74.3 cm³/mol. The third kappa shape index (κ3) is 2.69. The lowest BCUT2D eigenvalue weighted by molar-refractivity contribution is 0.329. The molecule has 2 aromatic rings. The van der Waals surface area contributed by atoms with Gasteiger partial charge in [0.1, 0.15) is 5.69 Å². The zero-order valence-electron chi connectivity index (χ0n) is 10.5. The molecule has 0 aliphatic heterocycles. The van der Waals surface area contributed by atoms with Crippen LogP contribution < -0.4 is 5.73 Å². The van der Waals surface area contributed by atoms with Crippen LogP contribution in [0.4, 0.5) is 0 Å². The number of halogens is 1. The van der Waals surface area contributed by atoms with Crippen molar-refractivity contribution in [3.05, 3.63) is 28.7 Å². The summed E-state index contributed by atoms with van der Waals surface area (Å²) in [5, 5.41) is 3.99. The maximum Gasteiger partial charge on any atom is 0.228 e. The van der Waals surface area contributed by atoms with Gasteiger partial charge in [-0.2, -0.15) is 4.98 Å². The van der Waals surface area contributed by atoms with Crippen LogP contribution in [0.3, 0.4) is 0 Å². The molecule has 1 fully saturated rings. The normalized spacial score (nSPS) is 17.8. The van der Waals surface area contributed by atoms with Crippen molar-refractivity contribution >= 4 is 15.9 Å². The fourth-order valence-corrected chi connectivity index (χ4v) is 2.96. The van der Waals surface area contributed by atoms with E-state index in [1.54, 1.807) is 6.20 Å². The van der Waals surface area contributed by atoms with Crippen molar-refractivity contribution in [3.63, 3.8) is 0 Å². The van der Waals surface area contributed by atoms with E-state index in [1.807, 2.05) is 12.1 Å². The molecule has 0 spiro atoms. The quantitative estimate of drug-likeness (QED) is 0.940. The summed E-state index contributed by atoms with van der Waals surface area (Å²) in [5.74, 6) is 1.10. The van der Waals surface area contributed by atoms with Crippen LogP contribution in [0.5, 0.6) is 0 Å². The zero-order chi connectivity index (χ0) is 13.3. The summed E-state index contributed by atoms with van der Waals surface area (Å²) in [4.78, 5) is 8.65. The minimum atomic E-state index is -0.175. The molecule has 1 aliphatic rings. The molecule has 2 N–H and O–H groups in total. The first-order chi connectivity index (χ1) is 9.16. The van der Waals surface area contributed by atoms with Gasteiger partial charge in [0, 0.05) is 22.6 Å². The van der Waals surface area contributed by atoms with Crippen molar-refractivity contribution in [2.24, 2.45) is 5.73 Å². The molecular formula is C13H15BrN4O. The minimum Gasteiger partial charge on any atom is -0.339 e. The first kappa shape index (κ1) is 12.7. The Balaban J connectivity index is 1.82. The van der Waals surface area contributed by atoms with Crippen LogP contribution in [-0.2, 0) is 6.42 Å². The van der Waals surface area contributed by atoms with Crippen molar-refractivity contribution in [1.29, 1.82) is 0 Å². The van der Waals surface area contributed by atoms with Gasteiger partial charge in [0.25, 0.3) is 0 Å². The Kier molecular flexibility index (Phi) is 3.36. The number of hydrogen-bond donors (Lipinski definition) is 1. The van der Waals surface area contributed by atoms with E-state index >= 15 is 0 Å². The van der Waals surface area contributed by atoms with Crippen LogP contribution in [-0.4, -0.2) is 20.7 Å². The largest absolute Gasteiger partial charge is 0.339 e. The highest BCUT2D eigenvalue weighted by atomic mass is 79.9. The minimum absolute atomic E-state index is 0.175. The van der Waals surface area contributed by atoms with E-state index in [1.165, 1.54) is 12.8 Å². The first-order valence-corrected chi connectivity index (χ1v) is 7.18. The third-order valence-corrected chi connectivity index (χ3v) is 4.18. The molecule has 0 atom stereocenters.